The van der Waals surface area contributed by atoms with Crippen LogP contribution >= 0.6 is 0 Å². The summed E-state index contributed by atoms with van der Waals surface area (Å²) < 4.78 is 0. The number of anilines is 1. The van der Waals surface area contributed by atoms with Gasteiger partial charge in [-0.1, -0.05) is 0 Å². The topological polar surface area (TPSA) is 83.5 Å². The minimum atomic E-state index is 0.462. The average molecular weight is 331 g/mol. The largest absolute Gasteiger partial charge is 0.356 e. The summed E-state index contributed by atoms with van der Waals surface area (Å²) in [5.74, 6) is 1.43. The summed E-state index contributed by atoms with van der Waals surface area (Å²) in [7, 11) is 0. The highest BCUT2D eigenvalue weighted by atomic mass is 15.2. The molecule has 0 aliphatic carbocycles. The first kappa shape index (κ1) is 14.3. The fraction of sp³-hybridized carbons (Fsp3) is 0.278. The third-order valence-electron chi connectivity index (χ3n) is 4.93. The van der Waals surface area contributed by atoms with Gasteiger partial charge >= 0.3 is 0 Å². The maximum Gasteiger partial charge on any atom is 0.160 e. The summed E-state index contributed by atoms with van der Waals surface area (Å²) in [6, 6.07) is 8.26. The first-order valence-electron chi connectivity index (χ1n) is 8.49. The molecule has 0 spiro atoms. The highest BCUT2D eigenvalue weighted by Crippen LogP contribution is 2.31. The van der Waals surface area contributed by atoms with Crippen molar-refractivity contribution in [2.24, 2.45) is 0 Å². The molecule has 124 valence electrons. The van der Waals surface area contributed by atoms with Crippen LogP contribution in [0.5, 0.6) is 0 Å². The lowest BCUT2D eigenvalue weighted by atomic mass is 9.92. The Morgan fingerprint density at radius 3 is 2.88 bits per heavy atom. The molecule has 4 aromatic rings. The highest BCUT2D eigenvalue weighted by molar-refractivity contribution is 5.86. The third-order valence-corrected chi connectivity index (χ3v) is 4.93. The molecule has 7 nitrogen and oxygen atoms in total. The standard InChI is InChI=1S/C18H17N7/c1-2-13-3-4-15(23-16(13)19-7-1)12-5-8-25(9-6-12)18-14-10-22-24-17(14)20-11-21-18/h1-4,7,10-12H,5-6,8-9H2,(H,20,21,22,24). The van der Waals surface area contributed by atoms with Crippen molar-refractivity contribution in [2.75, 3.05) is 18.0 Å². The smallest absolute Gasteiger partial charge is 0.160 e. The van der Waals surface area contributed by atoms with Gasteiger partial charge in [0.2, 0.25) is 0 Å². The Morgan fingerprint density at radius 1 is 1.04 bits per heavy atom. The van der Waals surface area contributed by atoms with Crippen molar-refractivity contribution < 1.29 is 0 Å². The van der Waals surface area contributed by atoms with Crippen LogP contribution in [-0.2, 0) is 0 Å². The predicted molar refractivity (Wildman–Crippen MR) is 95.4 cm³/mol. The van der Waals surface area contributed by atoms with E-state index in [0.717, 1.165) is 59.5 Å². The van der Waals surface area contributed by atoms with Crippen LogP contribution in [-0.4, -0.2) is 43.2 Å². The zero-order valence-electron chi connectivity index (χ0n) is 13.6. The molecule has 5 heterocycles. The maximum absolute atomic E-state index is 4.77. The Hall–Kier alpha value is -3.09. The molecule has 25 heavy (non-hydrogen) atoms. The molecule has 0 saturated carbocycles. The lowest BCUT2D eigenvalue weighted by Crippen LogP contribution is -2.33. The van der Waals surface area contributed by atoms with Gasteiger partial charge in [-0.2, -0.15) is 5.10 Å². The minimum Gasteiger partial charge on any atom is -0.356 e. The van der Waals surface area contributed by atoms with Crippen LogP contribution in [0.25, 0.3) is 22.1 Å². The minimum absolute atomic E-state index is 0.462. The van der Waals surface area contributed by atoms with Crippen LogP contribution in [0.4, 0.5) is 5.82 Å². The second-order valence-electron chi connectivity index (χ2n) is 6.38. The molecular weight excluding hydrogens is 314 g/mol. The lowest BCUT2D eigenvalue weighted by molar-refractivity contribution is 0.495. The van der Waals surface area contributed by atoms with Gasteiger partial charge < -0.3 is 4.90 Å². The fourth-order valence-corrected chi connectivity index (χ4v) is 3.59. The number of fused-ring (bicyclic) bond motifs is 2. The van der Waals surface area contributed by atoms with Crippen LogP contribution < -0.4 is 4.90 Å². The van der Waals surface area contributed by atoms with Crippen molar-refractivity contribution in [3.8, 4) is 0 Å². The second kappa shape index (κ2) is 5.77. The molecular formula is C18H17N7. The molecule has 1 aliphatic rings. The first-order chi connectivity index (χ1) is 12.4. The Kier molecular flexibility index (Phi) is 3.29. The van der Waals surface area contributed by atoms with Crippen LogP contribution in [0.1, 0.15) is 24.5 Å². The molecule has 1 saturated heterocycles. The van der Waals surface area contributed by atoms with Crippen molar-refractivity contribution in [1.82, 2.24) is 30.1 Å². The third kappa shape index (κ3) is 2.48. The van der Waals surface area contributed by atoms with E-state index < -0.39 is 0 Å². The molecule has 0 atom stereocenters. The predicted octanol–water partition coefficient (Wildman–Crippen LogP) is 2.68. The molecule has 0 aromatic carbocycles. The molecule has 0 amide bonds. The lowest BCUT2D eigenvalue weighted by Gasteiger charge is -2.32. The number of hydrogen-bond donors (Lipinski definition) is 1. The number of nitrogens with one attached hydrogen (secondary N) is 1. The highest BCUT2D eigenvalue weighted by Gasteiger charge is 2.24. The molecule has 7 heteroatoms. The van der Waals surface area contributed by atoms with E-state index in [2.05, 4.69) is 42.2 Å². The van der Waals surface area contributed by atoms with Crippen LogP contribution in [0.15, 0.2) is 43.0 Å². The SMILES string of the molecule is c1cnc2nc(C3CCN(c4ncnc5[nH]ncc45)CC3)ccc2c1. The van der Waals surface area contributed by atoms with E-state index in [9.17, 15) is 0 Å². The van der Waals surface area contributed by atoms with Gasteiger partial charge in [0.15, 0.2) is 11.3 Å². The van der Waals surface area contributed by atoms with Crippen molar-refractivity contribution in [3.05, 3.63) is 48.7 Å². The van der Waals surface area contributed by atoms with Gasteiger partial charge in [0.1, 0.15) is 12.1 Å². The van der Waals surface area contributed by atoms with Gasteiger partial charge in [0.05, 0.1) is 11.6 Å². The van der Waals surface area contributed by atoms with Gasteiger partial charge in [0.25, 0.3) is 0 Å². The molecule has 0 radical (unpaired) electrons. The maximum atomic E-state index is 4.77. The van der Waals surface area contributed by atoms with E-state index in [1.54, 1.807) is 18.7 Å². The summed E-state index contributed by atoms with van der Waals surface area (Å²) in [6.45, 7) is 1.90. The van der Waals surface area contributed by atoms with Gasteiger partial charge in [-0.25, -0.2) is 19.9 Å². The fourth-order valence-electron chi connectivity index (χ4n) is 3.59. The van der Waals surface area contributed by atoms with E-state index in [4.69, 9.17) is 4.98 Å². The summed E-state index contributed by atoms with van der Waals surface area (Å²) in [4.78, 5) is 20.1. The van der Waals surface area contributed by atoms with Crippen molar-refractivity contribution in [1.29, 1.82) is 0 Å². The number of piperidine rings is 1. The van der Waals surface area contributed by atoms with Crippen molar-refractivity contribution >= 4 is 27.9 Å². The van der Waals surface area contributed by atoms with E-state index in [1.807, 2.05) is 12.1 Å². The van der Waals surface area contributed by atoms with Gasteiger partial charge in [-0.3, -0.25) is 5.10 Å². The molecule has 0 unspecified atom stereocenters. The molecule has 5 rings (SSSR count). The van der Waals surface area contributed by atoms with Gasteiger partial charge in [0, 0.05) is 36.3 Å². The number of hydrogen-bond acceptors (Lipinski definition) is 6. The normalized spacial score (nSPS) is 15.9. The average Bonchev–Trinajstić information content (AvgIpc) is 3.17. The van der Waals surface area contributed by atoms with Crippen LogP contribution in [0.3, 0.4) is 0 Å². The Morgan fingerprint density at radius 2 is 1.96 bits per heavy atom. The Bertz CT molecular complexity index is 1030. The number of nitrogens with zero attached hydrogens (tertiary/aromatic N) is 6. The molecule has 0 bridgehead atoms. The Balaban J connectivity index is 1.37. The van der Waals surface area contributed by atoms with Crippen LogP contribution in [0.2, 0.25) is 0 Å². The quantitative estimate of drug-likeness (QED) is 0.608. The number of pyridine rings is 2. The summed E-state index contributed by atoms with van der Waals surface area (Å²) in [5.41, 5.74) is 2.76. The first-order valence-corrected chi connectivity index (χ1v) is 8.49. The number of aromatic amines is 1. The molecule has 1 N–H and O–H groups in total. The monoisotopic (exact) mass is 331 g/mol. The zero-order valence-corrected chi connectivity index (χ0v) is 13.6. The van der Waals surface area contributed by atoms with E-state index in [-0.39, 0.29) is 0 Å². The Labute approximate surface area is 144 Å². The van der Waals surface area contributed by atoms with E-state index >= 15 is 0 Å². The summed E-state index contributed by atoms with van der Waals surface area (Å²) in [6.07, 6.45) is 7.29. The number of rotatable bonds is 2. The van der Waals surface area contributed by atoms with Gasteiger partial charge in [-0.15, -0.1) is 0 Å². The molecule has 1 aliphatic heterocycles. The number of aromatic nitrogens is 6. The molecule has 4 aromatic heterocycles. The summed E-state index contributed by atoms with van der Waals surface area (Å²) >= 11 is 0. The zero-order chi connectivity index (χ0) is 16.6. The van der Waals surface area contributed by atoms with Crippen LogP contribution in [0, 0.1) is 0 Å². The van der Waals surface area contributed by atoms with Crippen molar-refractivity contribution in [3.63, 3.8) is 0 Å². The molecule has 1 fully saturated rings. The second-order valence-corrected chi connectivity index (χ2v) is 6.38. The van der Waals surface area contributed by atoms with Crippen molar-refractivity contribution in [2.45, 2.75) is 18.8 Å². The van der Waals surface area contributed by atoms with E-state index in [1.165, 1.54) is 0 Å². The van der Waals surface area contributed by atoms with Gasteiger partial charge in [-0.05, 0) is 37.1 Å². The van der Waals surface area contributed by atoms with E-state index in [0.29, 0.717) is 5.92 Å². The summed E-state index contributed by atoms with van der Waals surface area (Å²) in [5, 5.41) is 9.05. The number of H-pyrrole nitrogens is 1.